The molecule has 2 aromatic rings. The highest BCUT2D eigenvalue weighted by Crippen LogP contribution is 2.31. The first-order chi connectivity index (χ1) is 14.4. The van der Waals surface area contributed by atoms with Crippen LogP contribution < -0.4 is 5.32 Å². The number of nitrogens with one attached hydrogen (secondary N) is 1. The summed E-state index contributed by atoms with van der Waals surface area (Å²) < 4.78 is 18.6. The van der Waals surface area contributed by atoms with Crippen molar-refractivity contribution in [3.05, 3.63) is 59.9 Å². The number of nitrogens with zero attached hydrogens (tertiary/aromatic N) is 2. The molecule has 3 rings (SSSR count). The second-order valence-electron chi connectivity index (χ2n) is 6.40. The van der Waals surface area contributed by atoms with Crippen molar-refractivity contribution in [3.63, 3.8) is 0 Å². The van der Waals surface area contributed by atoms with Gasteiger partial charge < -0.3 is 10.1 Å². The highest BCUT2D eigenvalue weighted by molar-refractivity contribution is 8.15. The molecule has 0 unspecified atom stereocenters. The van der Waals surface area contributed by atoms with Crippen LogP contribution in [0.15, 0.2) is 53.5 Å². The molecule has 2 amide bonds. The van der Waals surface area contributed by atoms with Gasteiger partial charge in [-0.2, -0.15) is 0 Å². The summed E-state index contributed by atoms with van der Waals surface area (Å²) in [5.74, 6) is -1.67. The number of anilines is 1. The third kappa shape index (κ3) is 5.04. The molecule has 7 nitrogen and oxygen atoms in total. The van der Waals surface area contributed by atoms with E-state index < -0.39 is 22.9 Å². The van der Waals surface area contributed by atoms with E-state index >= 15 is 0 Å². The molecule has 1 saturated heterocycles. The van der Waals surface area contributed by atoms with Crippen LogP contribution in [0.5, 0.6) is 0 Å². The fourth-order valence-electron chi connectivity index (χ4n) is 2.73. The number of thioether (sulfide) groups is 1. The summed E-state index contributed by atoms with van der Waals surface area (Å²) in [6, 6.07) is 12.3. The lowest BCUT2D eigenvalue weighted by molar-refractivity contribution is -0.127. The number of esters is 1. The predicted molar refractivity (Wildman–Crippen MR) is 113 cm³/mol. The molecule has 2 aromatic carbocycles. The number of hydrogen-bond acceptors (Lipinski definition) is 6. The molecule has 9 heteroatoms. The highest BCUT2D eigenvalue weighted by Gasteiger charge is 2.37. The number of amides is 2. The number of halogens is 1. The van der Waals surface area contributed by atoms with Gasteiger partial charge in [0.15, 0.2) is 5.17 Å². The summed E-state index contributed by atoms with van der Waals surface area (Å²) in [7, 11) is 1.58. The Hall–Kier alpha value is -3.20. The van der Waals surface area contributed by atoms with Gasteiger partial charge in [0.2, 0.25) is 11.8 Å². The van der Waals surface area contributed by atoms with E-state index in [4.69, 9.17) is 4.74 Å². The molecule has 1 aliphatic rings. The number of aliphatic imine (C=N–C) groups is 1. The van der Waals surface area contributed by atoms with Gasteiger partial charge in [0.05, 0.1) is 23.5 Å². The zero-order chi connectivity index (χ0) is 21.7. The number of amidine groups is 1. The van der Waals surface area contributed by atoms with Crippen LogP contribution in [0.2, 0.25) is 0 Å². The Morgan fingerprint density at radius 3 is 2.57 bits per heavy atom. The summed E-state index contributed by atoms with van der Waals surface area (Å²) in [5, 5.41) is 2.27. The molecular weight excluding hydrogens is 409 g/mol. The number of para-hydroxylation sites is 1. The van der Waals surface area contributed by atoms with Gasteiger partial charge in [0.25, 0.3) is 0 Å². The summed E-state index contributed by atoms with van der Waals surface area (Å²) >= 11 is 1.16. The number of rotatable bonds is 6. The van der Waals surface area contributed by atoms with E-state index in [1.807, 2.05) is 0 Å². The van der Waals surface area contributed by atoms with E-state index in [2.05, 4.69) is 10.3 Å². The molecule has 1 aliphatic heterocycles. The van der Waals surface area contributed by atoms with Crippen molar-refractivity contribution < 1.29 is 23.5 Å². The maximum atomic E-state index is 13.7. The van der Waals surface area contributed by atoms with Crippen molar-refractivity contribution in [2.24, 2.45) is 4.99 Å². The van der Waals surface area contributed by atoms with Gasteiger partial charge in [-0.25, -0.2) is 14.2 Å². The molecule has 1 atom stereocenters. The first kappa shape index (κ1) is 21.5. The van der Waals surface area contributed by atoms with Crippen LogP contribution in [-0.2, 0) is 14.3 Å². The Bertz CT molecular complexity index is 994. The first-order valence-electron chi connectivity index (χ1n) is 9.23. The number of carbonyl (C=O) groups excluding carboxylic acids is 3. The standard InChI is InChI=1S/C21H20FN3O4S/c1-3-29-20(28)13-8-10-14(11-9-13)23-21-25(2)19(27)17(30-21)12-18(26)24-16-7-5-4-6-15(16)22/h4-11,17H,3,12H2,1-2H3,(H,24,26)/t17-/m0/s1. The molecule has 0 radical (unpaired) electrons. The van der Waals surface area contributed by atoms with Crippen LogP contribution in [0.4, 0.5) is 15.8 Å². The molecule has 0 aliphatic carbocycles. The second-order valence-corrected chi connectivity index (χ2v) is 7.57. The Morgan fingerprint density at radius 1 is 1.20 bits per heavy atom. The Balaban J connectivity index is 1.66. The normalized spacial score (nSPS) is 17.3. The quantitative estimate of drug-likeness (QED) is 0.709. The van der Waals surface area contributed by atoms with Crippen molar-refractivity contribution in [2.75, 3.05) is 19.0 Å². The Kier molecular flexibility index (Phi) is 6.83. The van der Waals surface area contributed by atoms with Gasteiger partial charge in [0.1, 0.15) is 11.1 Å². The van der Waals surface area contributed by atoms with Crippen molar-refractivity contribution in [1.29, 1.82) is 0 Å². The van der Waals surface area contributed by atoms with Gasteiger partial charge in [-0.15, -0.1) is 0 Å². The molecule has 1 fully saturated rings. The SMILES string of the molecule is CCOC(=O)c1ccc(N=C2S[C@@H](CC(=O)Nc3ccccc3F)C(=O)N2C)cc1. The fraction of sp³-hybridized carbons (Fsp3) is 0.238. The lowest BCUT2D eigenvalue weighted by atomic mass is 10.2. The minimum absolute atomic E-state index is 0.0712. The Morgan fingerprint density at radius 2 is 1.90 bits per heavy atom. The molecular formula is C21H20FN3O4S. The van der Waals surface area contributed by atoms with Gasteiger partial charge >= 0.3 is 5.97 Å². The van der Waals surface area contributed by atoms with E-state index in [0.717, 1.165) is 11.8 Å². The van der Waals surface area contributed by atoms with Crippen molar-refractivity contribution >= 4 is 46.1 Å². The molecule has 0 aromatic heterocycles. The van der Waals surface area contributed by atoms with E-state index in [-0.39, 0.29) is 24.6 Å². The lowest BCUT2D eigenvalue weighted by Gasteiger charge is -2.09. The molecule has 1 heterocycles. The average molecular weight is 429 g/mol. The zero-order valence-corrected chi connectivity index (χ0v) is 17.2. The van der Waals surface area contributed by atoms with E-state index in [0.29, 0.717) is 16.4 Å². The van der Waals surface area contributed by atoms with Crippen LogP contribution >= 0.6 is 11.8 Å². The summed E-state index contributed by atoms with van der Waals surface area (Å²) in [6.45, 7) is 2.02. The molecule has 0 saturated carbocycles. The maximum Gasteiger partial charge on any atom is 0.338 e. The van der Waals surface area contributed by atoms with Crippen LogP contribution in [-0.4, -0.2) is 46.8 Å². The van der Waals surface area contributed by atoms with E-state index in [1.165, 1.54) is 23.1 Å². The molecule has 156 valence electrons. The summed E-state index contributed by atoms with van der Waals surface area (Å²) in [6.07, 6.45) is -0.108. The molecule has 30 heavy (non-hydrogen) atoms. The van der Waals surface area contributed by atoms with Crippen LogP contribution in [0.1, 0.15) is 23.7 Å². The third-order valence-electron chi connectivity index (χ3n) is 4.26. The first-order valence-corrected chi connectivity index (χ1v) is 10.1. The van der Waals surface area contributed by atoms with Gasteiger partial charge in [-0.1, -0.05) is 23.9 Å². The molecule has 0 spiro atoms. The predicted octanol–water partition coefficient (Wildman–Crippen LogP) is 3.59. The fourth-order valence-corrected chi connectivity index (χ4v) is 3.88. The average Bonchev–Trinajstić information content (AvgIpc) is 2.98. The van der Waals surface area contributed by atoms with Gasteiger partial charge in [-0.05, 0) is 43.3 Å². The maximum absolute atomic E-state index is 13.7. The number of benzene rings is 2. The zero-order valence-electron chi connectivity index (χ0n) is 16.4. The summed E-state index contributed by atoms with van der Waals surface area (Å²) in [5.41, 5.74) is 1.04. The van der Waals surface area contributed by atoms with Crippen LogP contribution in [0.3, 0.4) is 0 Å². The van der Waals surface area contributed by atoms with E-state index in [9.17, 15) is 18.8 Å². The van der Waals surface area contributed by atoms with Crippen molar-refractivity contribution in [3.8, 4) is 0 Å². The Labute approximate surface area is 177 Å². The highest BCUT2D eigenvalue weighted by atomic mass is 32.2. The summed E-state index contributed by atoms with van der Waals surface area (Å²) in [4.78, 5) is 42.3. The number of ether oxygens (including phenoxy) is 1. The second kappa shape index (κ2) is 9.53. The van der Waals surface area contributed by atoms with E-state index in [1.54, 1.807) is 44.3 Å². The minimum Gasteiger partial charge on any atom is -0.462 e. The smallest absolute Gasteiger partial charge is 0.338 e. The molecule has 1 N–H and O–H groups in total. The van der Waals surface area contributed by atoms with Crippen LogP contribution in [0, 0.1) is 5.82 Å². The van der Waals surface area contributed by atoms with Gasteiger partial charge in [-0.3, -0.25) is 14.5 Å². The largest absolute Gasteiger partial charge is 0.462 e. The number of carbonyl (C=O) groups is 3. The minimum atomic E-state index is -0.653. The third-order valence-corrected chi connectivity index (χ3v) is 5.49. The monoisotopic (exact) mass is 429 g/mol. The van der Waals surface area contributed by atoms with Crippen molar-refractivity contribution in [1.82, 2.24) is 4.90 Å². The van der Waals surface area contributed by atoms with Gasteiger partial charge in [0, 0.05) is 13.5 Å². The topological polar surface area (TPSA) is 88.1 Å². The van der Waals surface area contributed by atoms with Crippen LogP contribution in [0.25, 0.3) is 0 Å². The molecule has 0 bridgehead atoms. The number of hydrogen-bond donors (Lipinski definition) is 1. The van der Waals surface area contributed by atoms with Crippen molar-refractivity contribution in [2.45, 2.75) is 18.6 Å². The lowest BCUT2D eigenvalue weighted by Crippen LogP contribution is -2.30.